The molecule has 2 aliphatic rings. The number of rotatable bonds is 13. The van der Waals surface area contributed by atoms with Crippen LogP contribution in [0.3, 0.4) is 0 Å². The fraction of sp³-hybridized carbons (Fsp3) is 0.361. The van der Waals surface area contributed by atoms with Gasteiger partial charge < -0.3 is 31.1 Å². The van der Waals surface area contributed by atoms with Gasteiger partial charge in [0.15, 0.2) is 11.6 Å². The molecule has 2 fully saturated rings. The van der Waals surface area contributed by atoms with Gasteiger partial charge >= 0.3 is 5.97 Å². The number of pyridine rings is 3. The molecule has 1 aliphatic heterocycles. The van der Waals surface area contributed by atoms with Crippen LogP contribution in [0.5, 0.6) is 5.88 Å². The molecular formula is C36H38Cl2FN7O4. The normalized spacial score (nSPS) is 18.9. The summed E-state index contributed by atoms with van der Waals surface area (Å²) in [5, 5.41) is 22.6. The van der Waals surface area contributed by atoms with Gasteiger partial charge in [0.25, 0.3) is 0 Å². The second-order valence-electron chi connectivity index (χ2n) is 12.5. The predicted molar refractivity (Wildman–Crippen MR) is 190 cm³/mol. The van der Waals surface area contributed by atoms with Crippen LogP contribution in [0.2, 0.25) is 10.0 Å². The van der Waals surface area contributed by atoms with Crippen LogP contribution in [-0.4, -0.2) is 57.7 Å². The molecular weight excluding hydrogens is 684 g/mol. The Morgan fingerprint density at radius 1 is 0.980 bits per heavy atom. The molecule has 5 N–H and O–H groups in total. The summed E-state index contributed by atoms with van der Waals surface area (Å²) in [5.41, 5.74) is 3.87. The zero-order valence-corrected chi connectivity index (χ0v) is 29.0. The molecule has 0 unspecified atom stereocenters. The van der Waals surface area contributed by atoms with Crippen molar-refractivity contribution in [3.63, 3.8) is 0 Å². The minimum absolute atomic E-state index is 0.0182. The maximum Gasteiger partial charge on any atom is 0.306 e. The molecule has 6 rings (SSSR count). The van der Waals surface area contributed by atoms with Crippen molar-refractivity contribution in [1.29, 1.82) is 0 Å². The number of benzene rings is 1. The van der Waals surface area contributed by atoms with Crippen LogP contribution in [0, 0.1) is 11.7 Å². The quantitative estimate of drug-likeness (QED) is 0.103. The van der Waals surface area contributed by atoms with Crippen LogP contribution in [0.15, 0.2) is 54.9 Å². The standard InChI is InChI=1S/C36H38Cl2FN7O4/c1-50-35-22(17-40-19-24-10-12-29(47)44-24)7-11-27(46-35)25-14-16-41-33(31(25)38)26-3-2-4-28(30(26)37)45-34-32(39)21(13-15-42-34)18-43-23-8-5-20(6-9-23)36(48)49/h2-4,7,11,13-16,20,23-24,40,43H,5-6,8-10,12,17-19H2,1H3,(H,42,45)(H,44,47)(H,48,49)/t20?,23?,24-/m1/s1. The summed E-state index contributed by atoms with van der Waals surface area (Å²) in [6.45, 7) is 1.44. The molecule has 1 aliphatic carbocycles. The highest BCUT2D eigenvalue weighted by molar-refractivity contribution is 6.39. The number of carboxylic acid groups (broad SMARTS) is 1. The number of carbonyl (C=O) groups is 2. The van der Waals surface area contributed by atoms with Crippen molar-refractivity contribution < 1.29 is 23.8 Å². The molecule has 0 radical (unpaired) electrons. The minimum atomic E-state index is -0.756. The number of hydrogen-bond acceptors (Lipinski definition) is 9. The van der Waals surface area contributed by atoms with Crippen molar-refractivity contribution >= 4 is 46.6 Å². The predicted octanol–water partition coefficient (Wildman–Crippen LogP) is 6.50. The number of methoxy groups -OCH3 is 1. The topological polar surface area (TPSA) is 150 Å². The fourth-order valence-electron chi connectivity index (χ4n) is 6.42. The number of amides is 1. The number of halogens is 3. The summed E-state index contributed by atoms with van der Waals surface area (Å²) in [6, 6.07) is 12.7. The van der Waals surface area contributed by atoms with Crippen molar-refractivity contribution in [2.75, 3.05) is 19.0 Å². The van der Waals surface area contributed by atoms with Crippen LogP contribution in [-0.2, 0) is 22.7 Å². The van der Waals surface area contributed by atoms with Gasteiger partial charge in [0.05, 0.1) is 40.1 Å². The van der Waals surface area contributed by atoms with Crippen LogP contribution in [0.25, 0.3) is 22.5 Å². The van der Waals surface area contributed by atoms with Gasteiger partial charge in [-0.05, 0) is 56.4 Å². The average molecular weight is 723 g/mol. The molecule has 14 heteroatoms. The van der Waals surface area contributed by atoms with Gasteiger partial charge in [-0.1, -0.05) is 41.4 Å². The highest BCUT2D eigenvalue weighted by Gasteiger charge is 2.26. The van der Waals surface area contributed by atoms with Crippen LogP contribution in [0.4, 0.5) is 15.9 Å². The average Bonchev–Trinajstić information content (AvgIpc) is 3.54. The van der Waals surface area contributed by atoms with Gasteiger partial charge in [-0.15, -0.1) is 0 Å². The van der Waals surface area contributed by atoms with E-state index < -0.39 is 11.8 Å². The largest absolute Gasteiger partial charge is 0.481 e. The third kappa shape index (κ3) is 8.15. The summed E-state index contributed by atoms with van der Waals surface area (Å²) < 4.78 is 21.2. The van der Waals surface area contributed by atoms with E-state index in [0.717, 1.165) is 24.8 Å². The molecule has 1 aromatic carbocycles. The van der Waals surface area contributed by atoms with E-state index in [4.69, 9.17) is 32.9 Å². The van der Waals surface area contributed by atoms with Gasteiger partial charge in [-0.2, -0.15) is 0 Å². The van der Waals surface area contributed by atoms with E-state index in [1.54, 1.807) is 43.6 Å². The van der Waals surface area contributed by atoms with Crippen molar-refractivity contribution in [1.82, 2.24) is 30.9 Å². The number of ether oxygens (including phenoxy) is 1. The highest BCUT2D eigenvalue weighted by Crippen LogP contribution is 2.41. The molecule has 4 heterocycles. The number of nitrogens with zero attached hydrogens (tertiary/aromatic N) is 3. The van der Waals surface area contributed by atoms with Gasteiger partial charge in [0, 0.05) is 72.8 Å². The first-order valence-corrected chi connectivity index (χ1v) is 17.3. The SMILES string of the molecule is COc1nc(-c2ccnc(-c3cccc(Nc4nccc(CNC5CCC(C(=O)O)CC5)c4F)c3Cl)c2Cl)ccc1CNC[C@H]1CCC(=O)N1. The van der Waals surface area contributed by atoms with Crippen molar-refractivity contribution in [2.24, 2.45) is 5.92 Å². The Labute approximate surface area is 299 Å². The third-order valence-corrected chi connectivity index (χ3v) is 10.0. The number of carboxylic acids is 1. The van der Waals surface area contributed by atoms with Crippen molar-refractivity contribution in [3.8, 4) is 28.4 Å². The summed E-state index contributed by atoms with van der Waals surface area (Å²) in [5.74, 6) is -1.04. The zero-order chi connectivity index (χ0) is 35.2. The smallest absolute Gasteiger partial charge is 0.306 e. The Kier molecular flexibility index (Phi) is 11.4. The molecule has 0 spiro atoms. The number of nitrogens with one attached hydrogen (secondary N) is 4. The second-order valence-corrected chi connectivity index (χ2v) is 13.3. The summed E-state index contributed by atoms with van der Waals surface area (Å²) in [6.07, 6.45) is 7.18. The number of aromatic nitrogens is 3. The van der Waals surface area contributed by atoms with E-state index in [0.29, 0.717) is 77.0 Å². The molecule has 0 bridgehead atoms. The van der Waals surface area contributed by atoms with Crippen LogP contribution >= 0.6 is 23.2 Å². The molecule has 1 saturated carbocycles. The maximum absolute atomic E-state index is 15.6. The minimum Gasteiger partial charge on any atom is -0.481 e. The Morgan fingerprint density at radius 3 is 2.52 bits per heavy atom. The molecule has 262 valence electrons. The molecule has 1 amide bonds. The monoisotopic (exact) mass is 721 g/mol. The van der Waals surface area contributed by atoms with Gasteiger partial charge in [0.2, 0.25) is 11.8 Å². The molecule has 50 heavy (non-hydrogen) atoms. The number of anilines is 2. The lowest BCUT2D eigenvalue weighted by Gasteiger charge is -2.27. The van der Waals surface area contributed by atoms with E-state index in [1.807, 2.05) is 12.1 Å². The molecule has 11 nitrogen and oxygen atoms in total. The number of aliphatic carboxylic acids is 1. The van der Waals surface area contributed by atoms with Gasteiger partial charge in [-0.3, -0.25) is 14.6 Å². The Morgan fingerprint density at radius 2 is 1.78 bits per heavy atom. The third-order valence-electron chi connectivity index (χ3n) is 9.22. The summed E-state index contributed by atoms with van der Waals surface area (Å²) >= 11 is 13.8. The number of carbonyl (C=O) groups excluding carboxylic acids is 1. The van der Waals surface area contributed by atoms with Crippen molar-refractivity contribution in [3.05, 3.63) is 81.8 Å². The molecule has 3 aromatic heterocycles. The van der Waals surface area contributed by atoms with Crippen molar-refractivity contribution in [2.45, 2.75) is 63.7 Å². The lowest BCUT2D eigenvalue weighted by atomic mass is 9.86. The van der Waals surface area contributed by atoms with E-state index in [1.165, 1.54) is 6.20 Å². The first-order chi connectivity index (χ1) is 24.2. The van der Waals surface area contributed by atoms with Gasteiger partial charge in [-0.25, -0.2) is 14.4 Å². The van der Waals surface area contributed by atoms with Gasteiger partial charge in [0.1, 0.15) is 0 Å². The van der Waals surface area contributed by atoms with Crippen LogP contribution in [0.1, 0.15) is 49.7 Å². The lowest BCUT2D eigenvalue weighted by Crippen LogP contribution is -2.35. The van der Waals surface area contributed by atoms with E-state index >= 15 is 4.39 Å². The summed E-state index contributed by atoms with van der Waals surface area (Å²) in [7, 11) is 1.56. The first-order valence-electron chi connectivity index (χ1n) is 16.6. The Hall–Kier alpha value is -4.36. The summed E-state index contributed by atoms with van der Waals surface area (Å²) in [4.78, 5) is 36.2. The lowest BCUT2D eigenvalue weighted by molar-refractivity contribution is -0.142. The Bertz CT molecular complexity index is 1870. The van der Waals surface area contributed by atoms with E-state index in [-0.39, 0.29) is 41.3 Å². The first kappa shape index (κ1) is 35.5. The highest BCUT2D eigenvalue weighted by atomic mass is 35.5. The van der Waals surface area contributed by atoms with E-state index in [2.05, 4.69) is 31.2 Å². The molecule has 1 saturated heterocycles. The second kappa shape index (κ2) is 16.1. The Balaban J connectivity index is 1.16. The number of hydrogen-bond donors (Lipinski definition) is 5. The van der Waals surface area contributed by atoms with Crippen LogP contribution < -0.4 is 26.0 Å². The van der Waals surface area contributed by atoms with E-state index in [9.17, 15) is 14.7 Å². The molecule has 1 atom stereocenters. The fourth-order valence-corrected chi connectivity index (χ4v) is 6.99. The zero-order valence-electron chi connectivity index (χ0n) is 27.4. The maximum atomic E-state index is 15.6. The molecule has 4 aromatic rings.